The highest BCUT2D eigenvalue weighted by molar-refractivity contribution is 7.22. The Kier molecular flexibility index (Phi) is 5.45. The Morgan fingerprint density at radius 2 is 1.59 bits per heavy atom. The van der Waals surface area contributed by atoms with Gasteiger partial charge in [-0.05, 0) is 42.5 Å². The molecule has 162 valence electrons. The van der Waals surface area contributed by atoms with E-state index in [1.54, 1.807) is 29.2 Å². The molecule has 3 aromatic carbocycles. The van der Waals surface area contributed by atoms with E-state index in [-0.39, 0.29) is 11.4 Å². The van der Waals surface area contributed by atoms with Crippen LogP contribution in [0.25, 0.3) is 10.2 Å². The van der Waals surface area contributed by atoms with Gasteiger partial charge in [-0.15, -0.1) is 0 Å². The Bertz CT molecular complexity index is 1250. The number of benzene rings is 3. The van der Waals surface area contributed by atoms with Crippen molar-refractivity contribution < 1.29 is 18.3 Å². The number of ether oxygens (including phenoxy) is 1. The fraction of sp³-hybridized carbons (Fsp3) is 0.167. The lowest BCUT2D eigenvalue weighted by molar-refractivity contribution is 0.0747. The zero-order chi connectivity index (χ0) is 22.1. The first-order chi connectivity index (χ1) is 15.6. The van der Waals surface area contributed by atoms with Gasteiger partial charge in [0, 0.05) is 37.8 Å². The number of piperazine rings is 1. The number of rotatable bonds is 4. The number of hydrogen-bond donors (Lipinski definition) is 0. The predicted molar refractivity (Wildman–Crippen MR) is 121 cm³/mol. The quantitative estimate of drug-likeness (QED) is 0.421. The molecule has 0 radical (unpaired) electrons. The van der Waals surface area contributed by atoms with Gasteiger partial charge in [-0.1, -0.05) is 29.5 Å². The molecule has 0 aliphatic carbocycles. The highest BCUT2D eigenvalue weighted by Gasteiger charge is 2.24. The first-order valence-corrected chi connectivity index (χ1v) is 11.0. The third-order valence-corrected chi connectivity index (χ3v) is 6.38. The summed E-state index contributed by atoms with van der Waals surface area (Å²) in [5.74, 6) is 0.0855. The fourth-order valence-electron chi connectivity index (χ4n) is 3.65. The van der Waals surface area contributed by atoms with Gasteiger partial charge in [-0.2, -0.15) is 0 Å². The number of carbonyl (C=O) groups is 1. The second kappa shape index (κ2) is 8.55. The van der Waals surface area contributed by atoms with Gasteiger partial charge in [-0.3, -0.25) is 4.79 Å². The van der Waals surface area contributed by atoms with E-state index in [4.69, 9.17) is 4.74 Å². The van der Waals surface area contributed by atoms with Gasteiger partial charge in [0.25, 0.3) is 5.91 Å². The summed E-state index contributed by atoms with van der Waals surface area (Å²) in [6, 6.07) is 18.7. The van der Waals surface area contributed by atoms with Crippen molar-refractivity contribution >= 4 is 32.6 Å². The predicted octanol–water partition coefficient (Wildman–Crippen LogP) is 5.33. The molecule has 0 bridgehead atoms. The molecular formula is C24H19F2N3O2S. The largest absolute Gasteiger partial charge is 0.457 e. The van der Waals surface area contributed by atoms with Gasteiger partial charge in [0.15, 0.2) is 10.9 Å². The second-order valence-corrected chi connectivity index (χ2v) is 8.46. The highest BCUT2D eigenvalue weighted by Crippen LogP contribution is 2.31. The van der Waals surface area contributed by atoms with Crippen LogP contribution in [0.15, 0.2) is 66.7 Å². The highest BCUT2D eigenvalue weighted by atomic mass is 32.1. The topological polar surface area (TPSA) is 45.7 Å². The van der Waals surface area contributed by atoms with Crippen LogP contribution in [-0.2, 0) is 0 Å². The maximum atomic E-state index is 14.0. The molecule has 1 amide bonds. The Morgan fingerprint density at radius 3 is 2.31 bits per heavy atom. The second-order valence-electron chi connectivity index (χ2n) is 7.45. The molecule has 32 heavy (non-hydrogen) atoms. The van der Waals surface area contributed by atoms with Crippen molar-refractivity contribution in [1.29, 1.82) is 0 Å². The first kappa shape index (κ1) is 20.4. The lowest BCUT2D eigenvalue weighted by Gasteiger charge is -2.34. The number of anilines is 1. The third kappa shape index (κ3) is 4.13. The van der Waals surface area contributed by atoms with E-state index in [9.17, 15) is 13.6 Å². The van der Waals surface area contributed by atoms with Crippen molar-refractivity contribution in [1.82, 2.24) is 9.88 Å². The van der Waals surface area contributed by atoms with Crippen molar-refractivity contribution in [2.45, 2.75) is 0 Å². The standard InChI is InChI=1S/C24H19F2N3O2S/c25-17-14-20(26)22-21(15-17)32-24(27-22)29-12-10-28(11-13-29)23(30)16-6-8-19(9-7-16)31-18-4-2-1-3-5-18/h1-9,14-15H,10-13H2. The molecule has 8 heteroatoms. The monoisotopic (exact) mass is 451 g/mol. The maximum Gasteiger partial charge on any atom is 0.253 e. The lowest BCUT2D eigenvalue weighted by Crippen LogP contribution is -2.48. The van der Waals surface area contributed by atoms with Gasteiger partial charge in [0.2, 0.25) is 0 Å². The minimum atomic E-state index is -0.656. The minimum Gasteiger partial charge on any atom is -0.457 e. The van der Waals surface area contributed by atoms with Crippen molar-refractivity contribution in [2.24, 2.45) is 0 Å². The zero-order valence-electron chi connectivity index (χ0n) is 17.0. The first-order valence-electron chi connectivity index (χ1n) is 10.2. The molecule has 0 atom stereocenters. The summed E-state index contributed by atoms with van der Waals surface area (Å²) in [6.45, 7) is 2.19. The molecule has 1 aliphatic heterocycles. The van der Waals surface area contributed by atoms with E-state index in [1.165, 1.54) is 17.4 Å². The van der Waals surface area contributed by atoms with E-state index in [0.717, 1.165) is 11.8 Å². The molecule has 1 fully saturated rings. The van der Waals surface area contributed by atoms with Crippen LogP contribution in [0.5, 0.6) is 11.5 Å². The number of halogens is 2. The van der Waals surface area contributed by atoms with Crippen LogP contribution in [0.2, 0.25) is 0 Å². The van der Waals surface area contributed by atoms with Crippen molar-refractivity contribution in [3.63, 3.8) is 0 Å². The number of nitrogens with zero attached hydrogens (tertiary/aromatic N) is 3. The number of hydrogen-bond acceptors (Lipinski definition) is 5. The smallest absolute Gasteiger partial charge is 0.253 e. The third-order valence-electron chi connectivity index (χ3n) is 5.32. The summed E-state index contributed by atoms with van der Waals surface area (Å²) in [7, 11) is 0. The van der Waals surface area contributed by atoms with E-state index >= 15 is 0 Å². The van der Waals surface area contributed by atoms with E-state index in [1.807, 2.05) is 35.2 Å². The molecule has 0 unspecified atom stereocenters. The van der Waals surface area contributed by atoms with Gasteiger partial charge >= 0.3 is 0 Å². The molecule has 4 aromatic rings. The molecular weight excluding hydrogens is 432 g/mol. The molecule has 5 rings (SSSR count). The van der Waals surface area contributed by atoms with Crippen LogP contribution in [0.3, 0.4) is 0 Å². The Balaban J connectivity index is 1.22. The summed E-state index contributed by atoms with van der Waals surface area (Å²) in [5.41, 5.74) is 0.777. The fourth-order valence-corrected chi connectivity index (χ4v) is 4.71. The number of carbonyl (C=O) groups excluding carboxylic acids is 1. The van der Waals surface area contributed by atoms with E-state index in [2.05, 4.69) is 4.98 Å². The molecule has 0 N–H and O–H groups in total. The van der Waals surface area contributed by atoms with E-state index in [0.29, 0.717) is 47.3 Å². The summed E-state index contributed by atoms with van der Waals surface area (Å²) in [6.07, 6.45) is 0. The number of amides is 1. The molecule has 1 saturated heterocycles. The number of fused-ring (bicyclic) bond motifs is 1. The van der Waals surface area contributed by atoms with Crippen molar-refractivity contribution in [3.8, 4) is 11.5 Å². The Hall–Kier alpha value is -3.52. The van der Waals surface area contributed by atoms with Crippen LogP contribution in [0.4, 0.5) is 13.9 Å². The summed E-state index contributed by atoms with van der Waals surface area (Å²) in [4.78, 5) is 21.0. The van der Waals surface area contributed by atoms with Crippen molar-refractivity contribution in [2.75, 3.05) is 31.1 Å². The summed E-state index contributed by atoms with van der Waals surface area (Å²) in [5, 5.41) is 0.638. The number of thiazole rings is 1. The van der Waals surface area contributed by atoms with Gasteiger partial charge in [0.05, 0.1) is 4.70 Å². The van der Waals surface area contributed by atoms with Crippen LogP contribution < -0.4 is 9.64 Å². The van der Waals surface area contributed by atoms with Gasteiger partial charge < -0.3 is 14.5 Å². The molecule has 0 saturated carbocycles. The zero-order valence-corrected chi connectivity index (χ0v) is 17.8. The molecule has 5 nitrogen and oxygen atoms in total. The average Bonchev–Trinajstić information content (AvgIpc) is 3.24. The Morgan fingerprint density at radius 1 is 0.906 bits per heavy atom. The normalized spacial score (nSPS) is 14.1. The molecule has 1 aliphatic rings. The van der Waals surface area contributed by atoms with Crippen LogP contribution in [0, 0.1) is 11.6 Å². The van der Waals surface area contributed by atoms with Crippen LogP contribution in [0.1, 0.15) is 10.4 Å². The lowest BCUT2D eigenvalue weighted by atomic mass is 10.1. The van der Waals surface area contributed by atoms with Gasteiger partial charge in [0.1, 0.15) is 22.8 Å². The van der Waals surface area contributed by atoms with E-state index < -0.39 is 11.6 Å². The number of para-hydroxylation sites is 1. The minimum absolute atomic E-state index is 0.0478. The SMILES string of the molecule is O=C(c1ccc(Oc2ccccc2)cc1)N1CCN(c2nc3c(F)cc(F)cc3s2)CC1. The average molecular weight is 451 g/mol. The van der Waals surface area contributed by atoms with Crippen LogP contribution >= 0.6 is 11.3 Å². The molecule has 0 spiro atoms. The molecule has 2 heterocycles. The number of aromatic nitrogens is 1. The van der Waals surface area contributed by atoms with Gasteiger partial charge in [-0.25, -0.2) is 13.8 Å². The maximum absolute atomic E-state index is 14.0. The Labute approximate surface area is 187 Å². The summed E-state index contributed by atoms with van der Waals surface area (Å²) < 4.78 is 33.7. The summed E-state index contributed by atoms with van der Waals surface area (Å²) >= 11 is 1.26. The van der Waals surface area contributed by atoms with Crippen molar-refractivity contribution in [3.05, 3.63) is 83.9 Å². The van der Waals surface area contributed by atoms with Crippen LogP contribution in [-0.4, -0.2) is 42.0 Å². The molecule has 1 aromatic heterocycles.